The standard InChI is InChI=1S/C19H16N4O4S/c20-19(21)22-18(24)12-6-7-15-16(10-12)28(25,26)11-13-4-3-5-14(17(13)27-15)23-8-1-2-9-23/h1-10H,11H2,(H4,20,21,22,24). The lowest BCUT2D eigenvalue weighted by atomic mass is 10.2. The van der Waals surface area contributed by atoms with Gasteiger partial charge in [0.1, 0.15) is 10.6 Å². The van der Waals surface area contributed by atoms with Crippen molar-refractivity contribution < 1.29 is 17.9 Å². The lowest BCUT2D eigenvalue weighted by Gasteiger charge is -2.14. The van der Waals surface area contributed by atoms with Crippen molar-refractivity contribution in [2.24, 2.45) is 16.5 Å². The summed E-state index contributed by atoms with van der Waals surface area (Å²) in [5, 5.41) is 0. The molecule has 0 spiro atoms. The zero-order valence-corrected chi connectivity index (χ0v) is 15.4. The third kappa shape index (κ3) is 3.12. The van der Waals surface area contributed by atoms with E-state index < -0.39 is 21.7 Å². The maximum absolute atomic E-state index is 13.0. The van der Waals surface area contributed by atoms with Crippen LogP contribution in [-0.4, -0.2) is 24.9 Å². The van der Waals surface area contributed by atoms with Gasteiger partial charge in [-0.15, -0.1) is 0 Å². The number of carbonyl (C=O) groups is 1. The quantitative estimate of drug-likeness (QED) is 0.503. The Bertz CT molecular complexity index is 1210. The summed E-state index contributed by atoms with van der Waals surface area (Å²) >= 11 is 0. The highest BCUT2D eigenvalue weighted by molar-refractivity contribution is 7.90. The van der Waals surface area contributed by atoms with Gasteiger partial charge in [-0.25, -0.2) is 8.42 Å². The number of benzene rings is 2. The Morgan fingerprint density at radius 1 is 1.07 bits per heavy atom. The molecule has 3 aromatic rings. The number of fused-ring (bicyclic) bond motifs is 2. The highest BCUT2D eigenvalue weighted by atomic mass is 32.2. The lowest BCUT2D eigenvalue weighted by Crippen LogP contribution is -2.24. The third-order valence-electron chi connectivity index (χ3n) is 4.27. The molecule has 28 heavy (non-hydrogen) atoms. The molecule has 0 bridgehead atoms. The second-order valence-electron chi connectivity index (χ2n) is 6.22. The van der Waals surface area contributed by atoms with E-state index in [-0.39, 0.29) is 22.0 Å². The molecule has 2 aromatic carbocycles. The van der Waals surface area contributed by atoms with Gasteiger partial charge in [0.25, 0.3) is 5.91 Å². The van der Waals surface area contributed by atoms with Crippen LogP contribution in [0.5, 0.6) is 11.5 Å². The van der Waals surface area contributed by atoms with Crippen molar-refractivity contribution in [3.63, 3.8) is 0 Å². The number of amides is 1. The molecule has 9 heteroatoms. The van der Waals surface area contributed by atoms with E-state index in [1.54, 1.807) is 12.1 Å². The number of aliphatic imine (C=N–C) groups is 1. The van der Waals surface area contributed by atoms with Gasteiger partial charge in [-0.2, -0.15) is 4.99 Å². The number of guanidine groups is 1. The first-order valence-corrected chi connectivity index (χ1v) is 9.94. The fraction of sp³-hybridized carbons (Fsp3) is 0.0526. The summed E-state index contributed by atoms with van der Waals surface area (Å²) < 4.78 is 33.8. The van der Waals surface area contributed by atoms with Crippen molar-refractivity contribution in [1.29, 1.82) is 0 Å². The molecule has 0 radical (unpaired) electrons. The normalized spacial score (nSPS) is 14.1. The molecule has 4 rings (SSSR count). The number of nitrogens with zero attached hydrogens (tertiary/aromatic N) is 2. The molecule has 0 atom stereocenters. The molecule has 1 aliphatic heterocycles. The number of rotatable bonds is 2. The number of hydrogen-bond donors (Lipinski definition) is 2. The SMILES string of the molecule is NC(N)=NC(=O)c1ccc2c(c1)S(=O)(=O)Cc1cccc(-n3cccc3)c1O2. The Morgan fingerprint density at radius 2 is 1.82 bits per heavy atom. The molecule has 0 fully saturated rings. The fourth-order valence-corrected chi connectivity index (χ4v) is 4.56. The Balaban J connectivity index is 1.87. The van der Waals surface area contributed by atoms with E-state index in [2.05, 4.69) is 4.99 Å². The molecule has 0 saturated carbocycles. The number of sulfone groups is 1. The van der Waals surface area contributed by atoms with E-state index in [9.17, 15) is 13.2 Å². The van der Waals surface area contributed by atoms with Crippen molar-refractivity contribution in [3.05, 3.63) is 72.1 Å². The summed E-state index contributed by atoms with van der Waals surface area (Å²) in [6.07, 6.45) is 3.69. The number of para-hydroxylation sites is 1. The summed E-state index contributed by atoms with van der Waals surface area (Å²) in [7, 11) is -3.76. The molecule has 4 N–H and O–H groups in total. The number of nitrogens with two attached hydrogens (primary N) is 2. The van der Waals surface area contributed by atoms with Crippen LogP contribution in [0.25, 0.3) is 5.69 Å². The van der Waals surface area contributed by atoms with Crippen molar-refractivity contribution in [1.82, 2.24) is 4.57 Å². The van der Waals surface area contributed by atoms with E-state index in [1.165, 1.54) is 18.2 Å². The number of ether oxygens (including phenoxy) is 1. The number of carbonyl (C=O) groups excluding carboxylic acids is 1. The van der Waals surface area contributed by atoms with E-state index in [1.807, 2.05) is 35.2 Å². The number of hydrogen-bond acceptors (Lipinski definition) is 4. The molecule has 2 heterocycles. The average Bonchev–Trinajstić information content (AvgIpc) is 3.13. The van der Waals surface area contributed by atoms with Crippen LogP contribution in [0.15, 0.2) is 70.8 Å². The molecule has 0 aliphatic carbocycles. The highest BCUT2D eigenvalue weighted by Crippen LogP contribution is 2.41. The molecule has 8 nitrogen and oxygen atoms in total. The molecule has 142 valence electrons. The Labute approximate surface area is 161 Å². The molecule has 1 aliphatic rings. The Hall–Kier alpha value is -3.59. The molecule has 0 unspecified atom stereocenters. The van der Waals surface area contributed by atoms with Gasteiger partial charge in [0.15, 0.2) is 21.5 Å². The van der Waals surface area contributed by atoms with Crippen LogP contribution in [0.1, 0.15) is 15.9 Å². The van der Waals surface area contributed by atoms with Crippen LogP contribution in [0.2, 0.25) is 0 Å². The topological polar surface area (TPSA) is 130 Å². The van der Waals surface area contributed by atoms with Crippen molar-refractivity contribution in [2.75, 3.05) is 0 Å². The summed E-state index contributed by atoms with van der Waals surface area (Å²) in [6.45, 7) is 0. The van der Waals surface area contributed by atoms with Gasteiger partial charge in [0.05, 0.1) is 11.4 Å². The van der Waals surface area contributed by atoms with Crippen LogP contribution >= 0.6 is 0 Å². The van der Waals surface area contributed by atoms with Crippen LogP contribution in [0.3, 0.4) is 0 Å². The zero-order chi connectivity index (χ0) is 19.9. The smallest absolute Gasteiger partial charge is 0.280 e. The maximum Gasteiger partial charge on any atom is 0.280 e. The summed E-state index contributed by atoms with van der Waals surface area (Å²) in [5.74, 6) is -0.802. The summed E-state index contributed by atoms with van der Waals surface area (Å²) in [6, 6.07) is 13.1. The van der Waals surface area contributed by atoms with Gasteiger partial charge in [-0.05, 0) is 36.4 Å². The second kappa shape index (κ2) is 6.54. The van der Waals surface area contributed by atoms with E-state index in [0.29, 0.717) is 17.0 Å². The van der Waals surface area contributed by atoms with Crippen LogP contribution < -0.4 is 16.2 Å². The third-order valence-corrected chi connectivity index (χ3v) is 5.95. The van der Waals surface area contributed by atoms with Crippen molar-refractivity contribution in [3.8, 4) is 17.2 Å². The van der Waals surface area contributed by atoms with E-state index in [4.69, 9.17) is 16.2 Å². The predicted octanol–water partition coefficient (Wildman–Crippen LogP) is 1.97. The van der Waals surface area contributed by atoms with Gasteiger partial charge < -0.3 is 20.8 Å². The molecule has 1 amide bonds. The maximum atomic E-state index is 13.0. The van der Waals surface area contributed by atoms with E-state index >= 15 is 0 Å². The van der Waals surface area contributed by atoms with Gasteiger partial charge in [0.2, 0.25) is 0 Å². The van der Waals surface area contributed by atoms with Gasteiger partial charge in [0, 0.05) is 23.5 Å². The molecular weight excluding hydrogens is 380 g/mol. The first-order chi connectivity index (χ1) is 13.3. The minimum Gasteiger partial charge on any atom is -0.453 e. The number of aromatic nitrogens is 1. The summed E-state index contributed by atoms with van der Waals surface area (Å²) in [4.78, 5) is 15.4. The van der Waals surface area contributed by atoms with Crippen molar-refractivity contribution >= 4 is 21.7 Å². The monoisotopic (exact) mass is 396 g/mol. The lowest BCUT2D eigenvalue weighted by molar-refractivity contribution is 0.100. The largest absolute Gasteiger partial charge is 0.453 e. The molecule has 0 saturated heterocycles. The second-order valence-corrected chi connectivity index (χ2v) is 8.18. The van der Waals surface area contributed by atoms with Gasteiger partial charge >= 0.3 is 0 Å². The average molecular weight is 396 g/mol. The van der Waals surface area contributed by atoms with E-state index in [0.717, 1.165) is 0 Å². The minimum absolute atomic E-state index is 0.0518. The van der Waals surface area contributed by atoms with Crippen LogP contribution in [0, 0.1) is 0 Å². The first-order valence-electron chi connectivity index (χ1n) is 8.29. The summed E-state index contributed by atoms with van der Waals surface area (Å²) in [5.41, 5.74) is 11.8. The molecule has 1 aromatic heterocycles. The Kier molecular flexibility index (Phi) is 4.16. The first kappa shape index (κ1) is 17.8. The highest BCUT2D eigenvalue weighted by Gasteiger charge is 2.29. The molecular formula is C19H16N4O4S. The van der Waals surface area contributed by atoms with Gasteiger partial charge in [-0.1, -0.05) is 12.1 Å². The zero-order valence-electron chi connectivity index (χ0n) is 14.6. The van der Waals surface area contributed by atoms with Gasteiger partial charge in [-0.3, -0.25) is 4.79 Å². The predicted molar refractivity (Wildman–Crippen MR) is 103 cm³/mol. The minimum atomic E-state index is -3.76. The van der Waals surface area contributed by atoms with Crippen molar-refractivity contribution in [2.45, 2.75) is 10.6 Å². The van der Waals surface area contributed by atoms with Crippen LogP contribution in [-0.2, 0) is 15.6 Å². The fourth-order valence-electron chi connectivity index (χ4n) is 3.04. The van der Waals surface area contributed by atoms with Crippen LogP contribution in [0.4, 0.5) is 0 Å². The Morgan fingerprint density at radius 3 is 2.54 bits per heavy atom.